The highest BCUT2D eigenvalue weighted by Gasteiger charge is 2.38. The van der Waals surface area contributed by atoms with Gasteiger partial charge in [0.25, 0.3) is 0 Å². The van der Waals surface area contributed by atoms with Gasteiger partial charge in [0.1, 0.15) is 0 Å². The molecule has 3 heteroatoms. The summed E-state index contributed by atoms with van der Waals surface area (Å²) in [6.07, 6.45) is 14.1. The van der Waals surface area contributed by atoms with Crippen LogP contribution < -0.4 is 4.90 Å². The van der Waals surface area contributed by atoms with E-state index in [-0.39, 0.29) is 5.41 Å². The van der Waals surface area contributed by atoms with Crippen LogP contribution in [-0.4, -0.2) is 9.97 Å². The van der Waals surface area contributed by atoms with Crippen molar-refractivity contribution >= 4 is 77.0 Å². The van der Waals surface area contributed by atoms with Crippen molar-refractivity contribution in [2.75, 3.05) is 4.90 Å². The second-order valence-corrected chi connectivity index (χ2v) is 23.5. The third-order valence-corrected chi connectivity index (χ3v) is 17.8. The zero-order chi connectivity index (χ0) is 57.4. The van der Waals surface area contributed by atoms with E-state index in [2.05, 4.69) is 283 Å². The first kappa shape index (κ1) is 54.7. The van der Waals surface area contributed by atoms with Crippen LogP contribution in [0.1, 0.15) is 111 Å². The Labute approximate surface area is 491 Å². The molecular formula is C80H77N3. The molecule has 412 valence electrons. The molecule has 10 aromatic carbocycles. The molecule has 1 aliphatic carbocycles. The van der Waals surface area contributed by atoms with E-state index in [0.29, 0.717) is 0 Å². The first-order chi connectivity index (χ1) is 40.5. The van der Waals surface area contributed by atoms with E-state index in [1.54, 1.807) is 0 Å². The second kappa shape index (κ2) is 23.1. The van der Waals surface area contributed by atoms with E-state index in [4.69, 9.17) is 0 Å². The van der Waals surface area contributed by atoms with Crippen molar-refractivity contribution in [1.29, 1.82) is 0 Å². The van der Waals surface area contributed by atoms with Crippen molar-refractivity contribution in [3.63, 3.8) is 0 Å². The highest BCUT2D eigenvalue weighted by atomic mass is 15.1. The lowest BCUT2D eigenvalue weighted by Gasteiger charge is -2.31. The van der Waals surface area contributed by atoms with E-state index in [0.717, 1.165) is 48.8 Å². The van der Waals surface area contributed by atoms with Crippen molar-refractivity contribution in [2.45, 2.75) is 106 Å². The Morgan fingerprint density at radius 3 is 1.88 bits per heavy atom. The number of hydrogen-bond acceptors (Lipinski definition) is 1. The topological polar surface area (TPSA) is 34.8 Å². The summed E-state index contributed by atoms with van der Waals surface area (Å²) < 4.78 is 0. The maximum atomic E-state index is 4.03. The van der Waals surface area contributed by atoms with Gasteiger partial charge in [-0.25, -0.2) is 0 Å². The highest BCUT2D eigenvalue weighted by Crippen LogP contribution is 2.55. The molecule has 0 saturated carbocycles. The predicted molar refractivity (Wildman–Crippen MR) is 360 cm³/mol. The number of para-hydroxylation sites is 2. The van der Waals surface area contributed by atoms with Gasteiger partial charge in [-0.1, -0.05) is 223 Å². The number of nitrogens with one attached hydrogen (secondary N) is 2. The van der Waals surface area contributed by atoms with Crippen LogP contribution in [0, 0.1) is 13.8 Å². The van der Waals surface area contributed by atoms with Crippen molar-refractivity contribution in [3.05, 3.63) is 275 Å². The quantitative estimate of drug-likeness (QED) is 0.0986. The number of allylic oxidation sites excluding steroid dienone is 5. The van der Waals surface area contributed by atoms with Crippen LogP contribution in [-0.2, 0) is 31.1 Å². The summed E-state index contributed by atoms with van der Waals surface area (Å²) in [5.74, 6) is 0. The van der Waals surface area contributed by atoms with Crippen molar-refractivity contribution in [2.24, 2.45) is 0 Å². The summed E-state index contributed by atoms with van der Waals surface area (Å²) in [4.78, 5) is 9.85. The van der Waals surface area contributed by atoms with Gasteiger partial charge in [-0.05, 0) is 186 Å². The monoisotopic (exact) mass is 1080 g/mol. The predicted octanol–water partition coefficient (Wildman–Crippen LogP) is 22.5. The fourth-order valence-corrected chi connectivity index (χ4v) is 13.5. The molecule has 0 atom stereocenters. The molecule has 0 spiro atoms. The van der Waals surface area contributed by atoms with Gasteiger partial charge in [0.2, 0.25) is 0 Å². The van der Waals surface area contributed by atoms with Crippen LogP contribution >= 0.6 is 0 Å². The lowest BCUT2D eigenvalue weighted by Crippen LogP contribution is -2.17. The van der Waals surface area contributed by atoms with Crippen LogP contribution in [0.5, 0.6) is 0 Å². The largest absolute Gasteiger partial charge is 0.355 e. The number of hydrogen-bond donors (Lipinski definition) is 2. The van der Waals surface area contributed by atoms with Gasteiger partial charge >= 0.3 is 0 Å². The Morgan fingerprint density at radius 2 is 1.16 bits per heavy atom. The number of aromatic nitrogens is 2. The normalized spacial score (nSPS) is 13.0. The molecule has 1 aliphatic rings. The van der Waals surface area contributed by atoms with Gasteiger partial charge in [-0.15, -0.1) is 0 Å². The molecule has 3 nitrogen and oxygen atoms in total. The number of fused-ring (bicyclic) bond motifs is 11. The zero-order valence-electron chi connectivity index (χ0n) is 49.8. The third-order valence-electron chi connectivity index (χ3n) is 17.8. The number of aryl methyl sites for hydroxylation is 4. The molecule has 0 bridgehead atoms. The van der Waals surface area contributed by atoms with Crippen molar-refractivity contribution < 1.29 is 0 Å². The molecule has 0 amide bonds. The number of aromatic amines is 2. The van der Waals surface area contributed by atoms with Gasteiger partial charge in [0, 0.05) is 65.8 Å². The minimum Gasteiger partial charge on any atom is -0.355 e. The molecule has 0 radical (unpaired) electrons. The van der Waals surface area contributed by atoms with Gasteiger partial charge in [-0.2, -0.15) is 0 Å². The van der Waals surface area contributed by atoms with E-state index >= 15 is 0 Å². The molecule has 2 N–H and O–H groups in total. The summed E-state index contributed by atoms with van der Waals surface area (Å²) in [6.45, 7) is 22.1. The molecule has 2 heterocycles. The lowest BCUT2D eigenvalue weighted by molar-refractivity contribution is 0.660. The number of nitrogens with zero attached hydrogens (tertiary/aromatic N) is 1. The Balaban J connectivity index is 0.000000179. The Bertz CT molecular complexity index is 4490. The molecule has 0 aliphatic heterocycles. The number of unbranched alkanes of at least 4 members (excludes halogenated alkanes) is 1. The summed E-state index contributed by atoms with van der Waals surface area (Å²) in [6, 6.07) is 72.2. The minimum atomic E-state index is -0.141. The van der Waals surface area contributed by atoms with Gasteiger partial charge in [0.05, 0.1) is 5.69 Å². The van der Waals surface area contributed by atoms with Crippen LogP contribution in [0.4, 0.5) is 17.1 Å². The summed E-state index contributed by atoms with van der Waals surface area (Å²) in [5.41, 5.74) is 28.5. The number of H-pyrrole nitrogens is 2. The van der Waals surface area contributed by atoms with Crippen LogP contribution in [0.2, 0.25) is 0 Å². The first-order valence-electron chi connectivity index (χ1n) is 30.2. The maximum Gasteiger partial charge on any atom is 0.0543 e. The minimum absolute atomic E-state index is 0.141. The molecule has 12 aromatic rings. The smallest absolute Gasteiger partial charge is 0.0543 e. The maximum absolute atomic E-state index is 4.03. The van der Waals surface area contributed by atoms with Crippen molar-refractivity contribution in [3.8, 4) is 22.3 Å². The Hall–Kier alpha value is -8.92. The molecular weight excluding hydrogens is 1000 g/mol. The first-order valence-corrected chi connectivity index (χ1v) is 30.2. The van der Waals surface area contributed by atoms with Gasteiger partial charge in [-0.3, -0.25) is 0 Å². The summed E-state index contributed by atoms with van der Waals surface area (Å²) in [5, 5.41) is 7.66. The number of anilines is 3. The SMILES string of the molecule is C=C/C(C)=C(\C=C/C)c1cccc(CCc2ccc3c(c2)[nH]c2ccccc23)c1CCCC.CCCc1ccccc1-c1cccc(N(c2ccc3c(c2)[nH]c2ccccc23)c2cc3c(c4ccccc24)-c2ccc(C)cc2C3(C)C)c1C. The molecule has 0 fully saturated rings. The molecule has 0 saturated heterocycles. The van der Waals surface area contributed by atoms with E-state index in [1.165, 1.54) is 151 Å². The Morgan fingerprint density at radius 1 is 0.518 bits per heavy atom. The fraction of sp³-hybridized carbons (Fsp3) is 0.200. The van der Waals surface area contributed by atoms with Crippen molar-refractivity contribution in [1.82, 2.24) is 9.97 Å². The lowest BCUT2D eigenvalue weighted by atomic mass is 9.81. The highest BCUT2D eigenvalue weighted by molar-refractivity contribution is 6.12. The third kappa shape index (κ3) is 10.1. The average molecular weight is 1080 g/mol. The van der Waals surface area contributed by atoms with E-state index in [9.17, 15) is 0 Å². The standard InChI is InChI=1S/C48H42N2.C32H35N/c1-6-14-32-15-7-8-16-35(32)34-20-13-22-45(31(34)3)50(33-24-26-37-36-17-11-12-21-43(36)49-44(37)28-33)46-29-42-47(39-19-10-9-18-38(39)46)40-25-23-30(2)27-41(40)48(42,4)5;1-5-8-14-27-25(13-11-16-28(27)26(12-6-2)23(4)7-3)20-18-24-19-21-30-29-15-9-10-17-31(29)33-32(30)22-24/h7-13,15-29,49H,6,14H2,1-5H3;6-7,9-13,15-17,19,21-22,33H,3,5,8,14,18,20H2,1-2,4H3/b;12-6-,26-23+. The van der Waals surface area contributed by atoms with E-state index < -0.39 is 0 Å². The average Bonchev–Trinajstić information content (AvgIpc) is 2.21. The van der Waals surface area contributed by atoms with E-state index in [1.807, 2.05) is 6.08 Å². The second-order valence-electron chi connectivity index (χ2n) is 23.5. The molecule has 0 unspecified atom stereocenters. The number of benzene rings is 10. The van der Waals surface area contributed by atoms with Gasteiger partial charge < -0.3 is 14.9 Å². The fourth-order valence-electron chi connectivity index (χ4n) is 13.5. The Kier molecular flexibility index (Phi) is 15.2. The van der Waals surface area contributed by atoms with Crippen LogP contribution in [0.25, 0.3) is 82.2 Å². The zero-order valence-corrected chi connectivity index (χ0v) is 49.8. The van der Waals surface area contributed by atoms with Crippen LogP contribution in [0.3, 0.4) is 0 Å². The number of rotatable bonds is 15. The van der Waals surface area contributed by atoms with Gasteiger partial charge in [0.15, 0.2) is 0 Å². The van der Waals surface area contributed by atoms with Crippen LogP contribution in [0.15, 0.2) is 225 Å². The summed E-state index contributed by atoms with van der Waals surface area (Å²) >= 11 is 0. The summed E-state index contributed by atoms with van der Waals surface area (Å²) in [7, 11) is 0. The molecule has 2 aromatic heterocycles. The molecule has 83 heavy (non-hydrogen) atoms. The molecule has 13 rings (SSSR count).